The Morgan fingerprint density at radius 1 is 1.15 bits per heavy atom. The van der Waals surface area contributed by atoms with E-state index < -0.39 is 17.8 Å². The van der Waals surface area contributed by atoms with Gasteiger partial charge in [0.2, 0.25) is 0 Å². The van der Waals surface area contributed by atoms with Crippen molar-refractivity contribution in [2.75, 3.05) is 5.32 Å². The molecular weight excluding hydrogens is 404 g/mol. The van der Waals surface area contributed by atoms with E-state index >= 15 is 0 Å². The predicted octanol–water partition coefficient (Wildman–Crippen LogP) is 5.15. The maximum Gasteiger partial charge on any atom is 0.435 e. The minimum absolute atomic E-state index is 0.0392. The number of anilines is 1. The monoisotopic (exact) mass is 414 g/mol. The van der Waals surface area contributed by atoms with E-state index in [-0.39, 0.29) is 27.2 Å². The van der Waals surface area contributed by atoms with Crippen LogP contribution in [-0.2, 0) is 6.18 Å². The van der Waals surface area contributed by atoms with E-state index in [1.54, 1.807) is 25.1 Å². The summed E-state index contributed by atoms with van der Waals surface area (Å²) in [7, 11) is 0. The SMILES string of the molecule is Cc1cccc(Cl)c1NC(=O)c1cc(C(F)(F)F)nn1-c1ncccc1Cl. The molecular formula is C17H11Cl2F3N4O. The highest BCUT2D eigenvalue weighted by atomic mass is 35.5. The summed E-state index contributed by atoms with van der Waals surface area (Å²) in [4.78, 5) is 16.6. The topological polar surface area (TPSA) is 59.8 Å². The van der Waals surface area contributed by atoms with Crippen LogP contribution in [0.5, 0.6) is 0 Å². The smallest absolute Gasteiger partial charge is 0.319 e. The largest absolute Gasteiger partial charge is 0.435 e. The molecule has 3 rings (SSSR count). The van der Waals surface area contributed by atoms with Gasteiger partial charge in [0.1, 0.15) is 5.69 Å². The Morgan fingerprint density at radius 2 is 1.85 bits per heavy atom. The van der Waals surface area contributed by atoms with Gasteiger partial charge in [-0.05, 0) is 30.7 Å². The molecule has 3 aromatic rings. The van der Waals surface area contributed by atoms with Gasteiger partial charge in [-0.15, -0.1) is 0 Å². The van der Waals surface area contributed by atoms with Crippen molar-refractivity contribution in [3.05, 3.63) is 69.6 Å². The molecule has 0 radical (unpaired) electrons. The quantitative estimate of drug-likeness (QED) is 0.644. The number of carbonyl (C=O) groups is 1. The van der Waals surface area contributed by atoms with Crippen LogP contribution in [0.2, 0.25) is 10.0 Å². The molecule has 0 fully saturated rings. The number of benzene rings is 1. The number of para-hydroxylation sites is 1. The minimum Gasteiger partial charge on any atom is -0.319 e. The molecule has 1 N–H and O–H groups in total. The molecule has 2 heterocycles. The summed E-state index contributed by atoms with van der Waals surface area (Å²) in [6.45, 7) is 1.70. The van der Waals surface area contributed by atoms with Crippen molar-refractivity contribution in [2.24, 2.45) is 0 Å². The van der Waals surface area contributed by atoms with Gasteiger partial charge in [0.25, 0.3) is 5.91 Å². The lowest BCUT2D eigenvalue weighted by molar-refractivity contribution is -0.141. The third-order valence-electron chi connectivity index (χ3n) is 3.63. The zero-order chi connectivity index (χ0) is 19.8. The van der Waals surface area contributed by atoms with Gasteiger partial charge < -0.3 is 5.32 Å². The molecule has 0 bridgehead atoms. The first kappa shape index (κ1) is 19.2. The Balaban J connectivity index is 2.10. The summed E-state index contributed by atoms with van der Waals surface area (Å²) >= 11 is 12.1. The highest BCUT2D eigenvalue weighted by Crippen LogP contribution is 2.31. The van der Waals surface area contributed by atoms with E-state index in [2.05, 4.69) is 15.4 Å². The van der Waals surface area contributed by atoms with E-state index in [4.69, 9.17) is 23.2 Å². The maximum absolute atomic E-state index is 13.1. The van der Waals surface area contributed by atoms with Crippen LogP contribution in [0, 0.1) is 6.92 Å². The zero-order valence-corrected chi connectivity index (χ0v) is 15.2. The number of amides is 1. The molecule has 0 spiro atoms. The normalized spacial score (nSPS) is 11.5. The van der Waals surface area contributed by atoms with Crippen LogP contribution in [0.1, 0.15) is 21.7 Å². The zero-order valence-electron chi connectivity index (χ0n) is 13.7. The number of alkyl halides is 3. The second-order valence-corrected chi connectivity index (χ2v) is 6.33. The lowest BCUT2D eigenvalue weighted by Crippen LogP contribution is -2.18. The molecule has 27 heavy (non-hydrogen) atoms. The van der Waals surface area contributed by atoms with E-state index in [1.165, 1.54) is 18.3 Å². The Hall–Kier alpha value is -2.58. The molecule has 1 aromatic carbocycles. The van der Waals surface area contributed by atoms with Crippen LogP contribution in [0.3, 0.4) is 0 Å². The molecule has 0 aliphatic heterocycles. The average molecular weight is 415 g/mol. The highest BCUT2D eigenvalue weighted by molar-refractivity contribution is 6.34. The van der Waals surface area contributed by atoms with Gasteiger partial charge in [-0.25, -0.2) is 9.67 Å². The van der Waals surface area contributed by atoms with E-state index in [0.29, 0.717) is 11.6 Å². The number of hydrogen-bond donors (Lipinski definition) is 1. The van der Waals surface area contributed by atoms with Crippen molar-refractivity contribution in [1.29, 1.82) is 0 Å². The molecule has 0 saturated heterocycles. The van der Waals surface area contributed by atoms with Crippen molar-refractivity contribution < 1.29 is 18.0 Å². The summed E-state index contributed by atoms with van der Waals surface area (Å²) < 4.78 is 40.2. The van der Waals surface area contributed by atoms with Gasteiger partial charge in [0.05, 0.1) is 15.7 Å². The summed E-state index contributed by atoms with van der Waals surface area (Å²) in [5.74, 6) is -0.938. The van der Waals surface area contributed by atoms with Crippen molar-refractivity contribution in [2.45, 2.75) is 13.1 Å². The molecule has 0 aliphatic carbocycles. The van der Waals surface area contributed by atoms with Gasteiger partial charge in [0.15, 0.2) is 11.5 Å². The number of hydrogen-bond acceptors (Lipinski definition) is 3. The molecule has 1 amide bonds. The fraction of sp³-hybridized carbons (Fsp3) is 0.118. The Bertz CT molecular complexity index is 997. The maximum atomic E-state index is 13.1. The molecule has 10 heteroatoms. The van der Waals surface area contributed by atoms with Gasteiger partial charge in [-0.1, -0.05) is 35.3 Å². The Labute approximate surface area is 161 Å². The van der Waals surface area contributed by atoms with Crippen LogP contribution in [-0.4, -0.2) is 20.7 Å². The van der Waals surface area contributed by atoms with Crippen LogP contribution in [0.4, 0.5) is 18.9 Å². The van der Waals surface area contributed by atoms with Crippen LogP contribution in [0.15, 0.2) is 42.6 Å². The molecule has 0 saturated carbocycles. The van der Waals surface area contributed by atoms with Gasteiger partial charge in [-0.3, -0.25) is 4.79 Å². The van der Waals surface area contributed by atoms with E-state index in [9.17, 15) is 18.0 Å². The van der Waals surface area contributed by atoms with Crippen molar-refractivity contribution in [1.82, 2.24) is 14.8 Å². The summed E-state index contributed by atoms with van der Waals surface area (Å²) in [5.41, 5.74) is -0.695. The summed E-state index contributed by atoms with van der Waals surface area (Å²) in [6, 6.07) is 8.51. The molecule has 0 unspecified atom stereocenters. The summed E-state index contributed by atoms with van der Waals surface area (Å²) in [5, 5.41) is 6.28. The molecule has 5 nitrogen and oxygen atoms in total. The second kappa shape index (κ2) is 7.21. The third kappa shape index (κ3) is 3.91. The molecule has 0 aliphatic rings. The summed E-state index contributed by atoms with van der Waals surface area (Å²) in [6.07, 6.45) is -3.42. The van der Waals surface area contributed by atoms with E-state index in [1.807, 2.05) is 0 Å². The fourth-order valence-corrected chi connectivity index (χ4v) is 2.81. The number of rotatable bonds is 3. The third-order valence-corrected chi connectivity index (χ3v) is 4.24. The number of halogens is 5. The Kier molecular flexibility index (Phi) is 5.12. The standard InChI is InChI=1S/C17H11Cl2F3N4O/c1-9-4-2-5-10(18)14(9)24-16(27)12-8-13(17(20,21)22)25-26(12)15-11(19)6-3-7-23-15/h2-8H,1H3,(H,24,27). The van der Waals surface area contributed by atoms with Crippen LogP contribution >= 0.6 is 23.2 Å². The van der Waals surface area contributed by atoms with Gasteiger partial charge in [0, 0.05) is 12.3 Å². The molecule has 2 aromatic heterocycles. The fourth-order valence-electron chi connectivity index (χ4n) is 2.34. The van der Waals surface area contributed by atoms with Crippen molar-refractivity contribution >= 4 is 34.8 Å². The van der Waals surface area contributed by atoms with Crippen molar-refractivity contribution in [3.8, 4) is 5.82 Å². The first-order chi connectivity index (χ1) is 12.7. The minimum atomic E-state index is -4.75. The van der Waals surface area contributed by atoms with Crippen molar-refractivity contribution in [3.63, 3.8) is 0 Å². The molecule has 140 valence electrons. The number of carbonyl (C=O) groups excluding carboxylic acids is 1. The van der Waals surface area contributed by atoms with Gasteiger partial charge in [-0.2, -0.15) is 18.3 Å². The number of aromatic nitrogens is 3. The van der Waals surface area contributed by atoms with Gasteiger partial charge >= 0.3 is 6.18 Å². The first-order valence-corrected chi connectivity index (χ1v) is 8.28. The van der Waals surface area contributed by atoms with Crippen LogP contribution in [0.25, 0.3) is 5.82 Å². The number of nitrogens with one attached hydrogen (secondary N) is 1. The number of nitrogens with zero attached hydrogens (tertiary/aromatic N) is 3. The lowest BCUT2D eigenvalue weighted by atomic mass is 10.2. The highest BCUT2D eigenvalue weighted by Gasteiger charge is 2.36. The van der Waals surface area contributed by atoms with E-state index in [0.717, 1.165) is 4.68 Å². The number of pyridine rings is 1. The second-order valence-electron chi connectivity index (χ2n) is 5.52. The average Bonchev–Trinajstić information content (AvgIpc) is 3.04. The van der Waals surface area contributed by atoms with Crippen LogP contribution < -0.4 is 5.32 Å². The Morgan fingerprint density at radius 3 is 2.48 bits per heavy atom. The number of aryl methyl sites for hydroxylation is 1. The lowest BCUT2D eigenvalue weighted by Gasteiger charge is -2.11. The first-order valence-electron chi connectivity index (χ1n) is 7.53. The predicted molar refractivity (Wildman–Crippen MR) is 95.5 cm³/mol. The molecule has 0 atom stereocenters.